The van der Waals surface area contributed by atoms with Crippen molar-refractivity contribution in [1.82, 2.24) is 0 Å². The van der Waals surface area contributed by atoms with Crippen LogP contribution in [0, 0.1) is 28.5 Å². The second-order valence-electron chi connectivity index (χ2n) is 4.23. The number of anilines is 1. The number of benzene rings is 2. The summed E-state index contributed by atoms with van der Waals surface area (Å²) in [7, 11) is 1.41. The molecule has 22 heavy (non-hydrogen) atoms. The number of hydrazone groups is 1. The molecule has 0 fully saturated rings. The van der Waals surface area contributed by atoms with Gasteiger partial charge >= 0.3 is 0 Å². The van der Waals surface area contributed by atoms with E-state index in [4.69, 9.17) is 15.3 Å². The molecule has 0 amide bonds. The number of rotatable bonds is 4. The fraction of sp³-hybridized carbons (Fsp3) is 0.0625. The SMILES string of the molecule is COc1ccc(-c2cccc(NN=C(C#N)C#N)c2)cc1F. The first-order valence-electron chi connectivity index (χ1n) is 6.26. The molecule has 0 aromatic heterocycles. The summed E-state index contributed by atoms with van der Waals surface area (Å²) in [6.45, 7) is 0. The van der Waals surface area contributed by atoms with Crippen LogP contribution in [-0.4, -0.2) is 12.8 Å². The average molecular weight is 294 g/mol. The Hall–Kier alpha value is -3.38. The first kappa shape index (κ1) is 15.0. The van der Waals surface area contributed by atoms with Gasteiger partial charge in [-0.15, -0.1) is 0 Å². The van der Waals surface area contributed by atoms with E-state index < -0.39 is 5.82 Å². The molecule has 0 aliphatic rings. The first-order valence-corrected chi connectivity index (χ1v) is 6.26. The number of nitriles is 2. The molecule has 1 N–H and O–H groups in total. The van der Waals surface area contributed by atoms with E-state index in [2.05, 4.69) is 10.5 Å². The van der Waals surface area contributed by atoms with Crippen LogP contribution in [0.4, 0.5) is 10.1 Å². The number of halogens is 1. The van der Waals surface area contributed by atoms with Gasteiger partial charge in [0.05, 0.1) is 12.8 Å². The lowest BCUT2D eigenvalue weighted by molar-refractivity contribution is 0.386. The van der Waals surface area contributed by atoms with E-state index in [0.29, 0.717) is 11.3 Å². The van der Waals surface area contributed by atoms with E-state index in [9.17, 15) is 4.39 Å². The van der Waals surface area contributed by atoms with Gasteiger partial charge in [-0.3, -0.25) is 5.43 Å². The minimum Gasteiger partial charge on any atom is -0.494 e. The van der Waals surface area contributed by atoms with E-state index in [1.807, 2.05) is 6.07 Å². The van der Waals surface area contributed by atoms with Gasteiger partial charge in [0.2, 0.25) is 5.71 Å². The van der Waals surface area contributed by atoms with Crippen molar-refractivity contribution < 1.29 is 9.13 Å². The van der Waals surface area contributed by atoms with E-state index in [1.54, 1.807) is 42.5 Å². The van der Waals surface area contributed by atoms with Crippen LogP contribution in [0.5, 0.6) is 5.75 Å². The van der Waals surface area contributed by atoms with Gasteiger partial charge in [0.15, 0.2) is 11.6 Å². The third-order valence-corrected chi connectivity index (χ3v) is 2.86. The number of nitrogens with one attached hydrogen (secondary N) is 1. The Morgan fingerprint density at radius 3 is 2.50 bits per heavy atom. The van der Waals surface area contributed by atoms with E-state index in [-0.39, 0.29) is 11.5 Å². The minimum absolute atomic E-state index is 0.176. The van der Waals surface area contributed by atoms with Gasteiger partial charge < -0.3 is 4.74 Å². The summed E-state index contributed by atoms with van der Waals surface area (Å²) in [5.41, 5.74) is 4.36. The van der Waals surface area contributed by atoms with E-state index >= 15 is 0 Å². The molecule has 2 aromatic rings. The molecule has 5 nitrogen and oxygen atoms in total. The first-order chi connectivity index (χ1) is 10.7. The summed E-state index contributed by atoms with van der Waals surface area (Å²) < 4.78 is 18.6. The van der Waals surface area contributed by atoms with Gasteiger partial charge in [-0.1, -0.05) is 18.2 Å². The van der Waals surface area contributed by atoms with Crippen molar-refractivity contribution in [3.05, 3.63) is 48.3 Å². The maximum atomic E-state index is 13.7. The average Bonchev–Trinajstić information content (AvgIpc) is 2.56. The molecule has 108 valence electrons. The summed E-state index contributed by atoms with van der Waals surface area (Å²) in [6, 6.07) is 15.0. The summed E-state index contributed by atoms with van der Waals surface area (Å²) in [5, 5.41) is 20.9. The van der Waals surface area contributed by atoms with Gasteiger partial charge in [0.25, 0.3) is 0 Å². The van der Waals surface area contributed by atoms with Crippen LogP contribution < -0.4 is 10.2 Å². The molecule has 2 aromatic carbocycles. The van der Waals surface area contributed by atoms with Crippen molar-refractivity contribution in [2.75, 3.05) is 12.5 Å². The number of nitrogens with zero attached hydrogens (tertiary/aromatic N) is 3. The van der Waals surface area contributed by atoms with Crippen molar-refractivity contribution in [3.63, 3.8) is 0 Å². The van der Waals surface area contributed by atoms with Crippen LogP contribution in [-0.2, 0) is 0 Å². The number of ether oxygens (including phenoxy) is 1. The molecule has 0 saturated carbocycles. The molecule has 6 heteroatoms. The van der Waals surface area contributed by atoms with Crippen LogP contribution in [0.25, 0.3) is 11.1 Å². The van der Waals surface area contributed by atoms with Gasteiger partial charge in [-0.2, -0.15) is 15.6 Å². The standard InChI is InChI=1S/C16H11FN4O/c1-22-16-6-5-12(8-15(16)17)11-3-2-4-13(7-11)20-21-14(9-18)10-19/h2-8,20H,1H3. The molecule has 0 radical (unpaired) electrons. The van der Waals surface area contributed by atoms with Crippen LogP contribution in [0.1, 0.15) is 0 Å². The molecule has 0 bridgehead atoms. The Morgan fingerprint density at radius 2 is 1.86 bits per heavy atom. The van der Waals surface area contributed by atoms with Crippen molar-refractivity contribution >= 4 is 11.4 Å². The monoisotopic (exact) mass is 294 g/mol. The quantitative estimate of drug-likeness (QED) is 0.692. The number of methoxy groups -OCH3 is 1. The van der Waals surface area contributed by atoms with Gasteiger partial charge in [-0.05, 0) is 35.4 Å². The largest absolute Gasteiger partial charge is 0.494 e. The maximum Gasteiger partial charge on any atom is 0.237 e. The zero-order valence-corrected chi connectivity index (χ0v) is 11.7. The molecule has 0 heterocycles. The van der Waals surface area contributed by atoms with Crippen molar-refractivity contribution in [2.24, 2.45) is 5.10 Å². The normalized spacial score (nSPS) is 9.27. The summed E-state index contributed by atoms with van der Waals surface area (Å²) in [4.78, 5) is 0. The number of hydrogen-bond donors (Lipinski definition) is 1. The summed E-state index contributed by atoms with van der Waals surface area (Å²) in [5.74, 6) is -0.275. The highest BCUT2D eigenvalue weighted by molar-refractivity contribution is 6.10. The van der Waals surface area contributed by atoms with Crippen LogP contribution in [0.2, 0.25) is 0 Å². The van der Waals surface area contributed by atoms with Crippen LogP contribution >= 0.6 is 0 Å². The fourth-order valence-corrected chi connectivity index (χ4v) is 1.81. The highest BCUT2D eigenvalue weighted by Gasteiger charge is 2.06. The van der Waals surface area contributed by atoms with Gasteiger partial charge in [0, 0.05) is 0 Å². The minimum atomic E-state index is -0.451. The second kappa shape index (κ2) is 6.87. The molecule has 0 spiro atoms. The fourth-order valence-electron chi connectivity index (χ4n) is 1.81. The molecular formula is C16H11FN4O. The third kappa shape index (κ3) is 3.38. The van der Waals surface area contributed by atoms with Crippen molar-refractivity contribution in [2.45, 2.75) is 0 Å². The lowest BCUT2D eigenvalue weighted by Crippen LogP contribution is -1.96. The second-order valence-corrected chi connectivity index (χ2v) is 4.23. The Balaban J connectivity index is 2.29. The zero-order chi connectivity index (χ0) is 15.9. The van der Waals surface area contributed by atoms with Gasteiger partial charge in [-0.25, -0.2) is 4.39 Å². The predicted octanol–water partition coefficient (Wildman–Crippen LogP) is 3.32. The Morgan fingerprint density at radius 1 is 1.14 bits per heavy atom. The van der Waals surface area contributed by atoms with Gasteiger partial charge in [0.1, 0.15) is 12.1 Å². The molecule has 0 unspecified atom stereocenters. The highest BCUT2D eigenvalue weighted by atomic mass is 19.1. The maximum absolute atomic E-state index is 13.7. The molecular weight excluding hydrogens is 283 g/mol. The van der Waals surface area contributed by atoms with Crippen molar-refractivity contribution in [1.29, 1.82) is 10.5 Å². The molecule has 2 rings (SSSR count). The lowest BCUT2D eigenvalue weighted by Gasteiger charge is -2.07. The summed E-state index contributed by atoms with van der Waals surface area (Å²) >= 11 is 0. The van der Waals surface area contributed by atoms with E-state index in [1.165, 1.54) is 13.2 Å². The molecule has 0 atom stereocenters. The Labute approximate surface area is 126 Å². The van der Waals surface area contributed by atoms with E-state index in [0.717, 1.165) is 5.56 Å². The lowest BCUT2D eigenvalue weighted by atomic mass is 10.0. The third-order valence-electron chi connectivity index (χ3n) is 2.86. The van der Waals surface area contributed by atoms with Crippen LogP contribution in [0.3, 0.4) is 0 Å². The van der Waals surface area contributed by atoms with Crippen LogP contribution in [0.15, 0.2) is 47.6 Å². The Bertz CT molecular complexity index is 787. The van der Waals surface area contributed by atoms with Crippen molar-refractivity contribution in [3.8, 4) is 29.0 Å². The zero-order valence-electron chi connectivity index (χ0n) is 11.7. The Kier molecular flexibility index (Phi) is 4.69. The predicted molar refractivity (Wildman–Crippen MR) is 80.7 cm³/mol. The molecule has 0 saturated heterocycles. The smallest absolute Gasteiger partial charge is 0.237 e. The topological polar surface area (TPSA) is 81.2 Å². The molecule has 0 aliphatic carbocycles. The number of hydrogen-bond acceptors (Lipinski definition) is 5. The molecule has 0 aliphatic heterocycles. The highest BCUT2D eigenvalue weighted by Crippen LogP contribution is 2.27. The summed E-state index contributed by atoms with van der Waals surface area (Å²) in [6.07, 6.45) is 0.